The molecule has 0 N–H and O–H groups in total. The van der Waals surface area contributed by atoms with Crippen LogP contribution in [0.3, 0.4) is 0 Å². The van der Waals surface area contributed by atoms with Gasteiger partial charge >= 0.3 is 5.97 Å². The first-order valence-corrected chi connectivity index (χ1v) is 8.34. The highest BCUT2D eigenvalue weighted by Gasteiger charge is 2.56. The minimum Gasteiger partial charge on any atom is -0.435 e. The normalized spacial score (nSPS) is 37.4. The lowest BCUT2D eigenvalue weighted by Gasteiger charge is -2.26. The van der Waals surface area contributed by atoms with Crippen LogP contribution in [0.25, 0.3) is 0 Å². The quantitative estimate of drug-likeness (QED) is 0.785. The van der Waals surface area contributed by atoms with Gasteiger partial charge in [0.15, 0.2) is 5.79 Å². The zero-order chi connectivity index (χ0) is 16.7. The Labute approximate surface area is 141 Å². The third-order valence-corrected chi connectivity index (χ3v) is 4.72. The lowest BCUT2D eigenvalue weighted by Crippen LogP contribution is -2.41. The van der Waals surface area contributed by atoms with E-state index in [2.05, 4.69) is 0 Å². The molecule has 3 heterocycles. The van der Waals surface area contributed by atoms with Crippen LogP contribution in [0.2, 0.25) is 0 Å². The molecule has 0 aromatic heterocycles. The van der Waals surface area contributed by atoms with Gasteiger partial charge in [0, 0.05) is 0 Å². The average molecular weight is 334 g/mol. The zero-order valence-corrected chi connectivity index (χ0v) is 13.8. The van der Waals surface area contributed by atoms with Gasteiger partial charge in [0.25, 0.3) is 0 Å². The number of hydrogen-bond donors (Lipinski definition) is 0. The minimum atomic E-state index is -0.633. The number of carbonyl (C=O) groups is 1. The summed E-state index contributed by atoms with van der Waals surface area (Å²) in [5.41, 5.74) is 1.08. The molecule has 3 saturated heterocycles. The number of fused-ring (bicyclic) bond motifs is 1. The molecule has 3 fully saturated rings. The molecule has 0 unspecified atom stereocenters. The molecule has 3 aliphatic heterocycles. The number of carbonyl (C=O) groups excluding carboxylic acids is 1. The Kier molecular flexibility index (Phi) is 4.08. The van der Waals surface area contributed by atoms with Crippen LogP contribution in [0, 0.1) is 5.92 Å². The molecule has 6 nitrogen and oxygen atoms in total. The fourth-order valence-corrected chi connectivity index (χ4v) is 3.59. The first-order valence-electron chi connectivity index (χ1n) is 8.34. The van der Waals surface area contributed by atoms with Gasteiger partial charge in [0.2, 0.25) is 6.29 Å². The number of esters is 1. The molecule has 0 bridgehead atoms. The highest BCUT2D eigenvalue weighted by molar-refractivity contribution is 5.72. The number of hydrogen-bond acceptors (Lipinski definition) is 6. The Morgan fingerprint density at radius 3 is 2.75 bits per heavy atom. The van der Waals surface area contributed by atoms with Crippen molar-refractivity contribution in [3.63, 3.8) is 0 Å². The summed E-state index contributed by atoms with van der Waals surface area (Å²) in [6.07, 6.45) is -1.03. The maximum atomic E-state index is 11.6. The van der Waals surface area contributed by atoms with Crippen LogP contribution in [-0.4, -0.2) is 43.0 Å². The molecule has 5 atom stereocenters. The molecule has 24 heavy (non-hydrogen) atoms. The second-order valence-corrected chi connectivity index (χ2v) is 6.96. The highest BCUT2D eigenvalue weighted by Crippen LogP contribution is 2.41. The SMILES string of the molecule is CC1(C)OC[C@@H]([C@H]2O[C@@H]3OC(=O)C[C@@H]3[C@H]2OCc2ccccc2)O1. The molecule has 130 valence electrons. The Morgan fingerprint density at radius 2 is 2.04 bits per heavy atom. The van der Waals surface area contributed by atoms with Crippen molar-refractivity contribution in [2.24, 2.45) is 5.92 Å². The average Bonchev–Trinajstić information content (AvgIpc) is 3.18. The fourth-order valence-electron chi connectivity index (χ4n) is 3.59. The van der Waals surface area contributed by atoms with Gasteiger partial charge in [-0.05, 0) is 19.4 Å². The Bertz CT molecular complexity index is 601. The van der Waals surface area contributed by atoms with Crippen LogP contribution in [0.5, 0.6) is 0 Å². The standard InChI is InChI=1S/C18H22O6/c1-18(2)21-10-13(24-18)16-15(12-8-14(19)22-17(12)23-16)20-9-11-6-4-3-5-7-11/h3-7,12-13,15-17H,8-10H2,1-2H3/t12-,13+,15-,16-,17+/m1/s1. The van der Waals surface area contributed by atoms with Crippen LogP contribution in [0.1, 0.15) is 25.8 Å². The van der Waals surface area contributed by atoms with E-state index in [0.29, 0.717) is 19.6 Å². The monoisotopic (exact) mass is 334 g/mol. The Hall–Kier alpha value is -1.47. The summed E-state index contributed by atoms with van der Waals surface area (Å²) in [5, 5.41) is 0. The van der Waals surface area contributed by atoms with E-state index in [1.807, 2.05) is 44.2 Å². The molecule has 4 rings (SSSR count). The summed E-state index contributed by atoms with van der Waals surface area (Å²) in [5.74, 6) is -0.967. The van der Waals surface area contributed by atoms with Crippen LogP contribution in [0.4, 0.5) is 0 Å². The van der Waals surface area contributed by atoms with Crippen molar-refractivity contribution in [1.29, 1.82) is 0 Å². The van der Waals surface area contributed by atoms with E-state index >= 15 is 0 Å². The number of rotatable bonds is 4. The van der Waals surface area contributed by atoms with Crippen LogP contribution in [-0.2, 0) is 35.1 Å². The molecule has 3 aliphatic rings. The molecule has 0 radical (unpaired) electrons. The topological polar surface area (TPSA) is 63.2 Å². The highest BCUT2D eigenvalue weighted by atomic mass is 16.8. The summed E-state index contributed by atoms with van der Waals surface area (Å²) in [6.45, 7) is 4.65. The van der Waals surface area contributed by atoms with E-state index in [-0.39, 0.29) is 30.2 Å². The van der Waals surface area contributed by atoms with Crippen molar-refractivity contribution in [1.82, 2.24) is 0 Å². The van der Waals surface area contributed by atoms with Gasteiger partial charge in [-0.3, -0.25) is 4.79 Å². The van der Waals surface area contributed by atoms with Crippen molar-refractivity contribution < 1.29 is 28.5 Å². The molecule has 6 heteroatoms. The van der Waals surface area contributed by atoms with Gasteiger partial charge in [-0.15, -0.1) is 0 Å². The van der Waals surface area contributed by atoms with Gasteiger partial charge < -0.3 is 23.7 Å². The summed E-state index contributed by atoms with van der Waals surface area (Å²) in [7, 11) is 0. The molecule has 1 aromatic carbocycles. The third-order valence-electron chi connectivity index (χ3n) is 4.72. The predicted octanol–water partition coefficient (Wildman–Crippen LogP) is 2.01. The lowest BCUT2D eigenvalue weighted by molar-refractivity contribution is -0.190. The first kappa shape index (κ1) is 16.0. The van der Waals surface area contributed by atoms with Crippen molar-refractivity contribution >= 4 is 5.97 Å². The van der Waals surface area contributed by atoms with Gasteiger partial charge in [0.05, 0.1) is 31.7 Å². The van der Waals surface area contributed by atoms with E-state index in [1.165, 1.54) is 0 Å². The second-order valence-electron chi connectivity index (χ2n) is 6.96. The van der Waals surface area contributed by atoms with Gasteiger partial charge in [-0.1, -0.05) is 30.3 Å². The van der Waals surface area contributed by atoms with E-state index in [4.69, 9.17) is 23.7 Å². The van der Waals surface area contributed by atoms with E-state index in [9.17, 15) is 4.79 Å². The maximum absolute atomic E-state index is 11.6. The Balaban J connectivity index is 1.49. The molecular weight excluding hydrogens is 312 g/mol. The largest absolute Gasteiger partial charge is 0.435 e. The number of benzene rings is 1. The minimum absolute atomic E-state index is 0.0986. The third kappa shape index (κ3) is 3.07. The molecule has 0 amide bonds. The van der Waals surface area contributed by atoms with E-state index < -0.39 is 12.1 Å². The van der Waals surface area contributed by atoms with Gasteiger partial charge in [-0.25, -0.2) is 0 Å². The summed E-state index contributed by atoms with van der Waals surface area (Å²) in [6, 6.07) is 9.94. The summed E-state index contributed by atoms with van der Waals surface area (Å²) < 4.78 is 29.0. The van der Waals surface area contributed by atoms with Crippen LogP contribution >= 0.6 is 0 Å². The molecule has 0 saturated carbocycles. The maximum Gasteiger partial charge on any atom is 0.308 e. The second kappa shape index (κ2) is 6.11. The van der Waals surface area contributed by atoms with Crippen molar-refractivity contribution in [3.05, 3.63) is 35.9 Å². The van der Waals surface area contributed by atoms with E-state index in [1.54, 1.807) is 0 Å². The predicted molar refractivity (Wildman–Crippen MR) is 82.8 cm³/mol. The fraction of sp³-hybridized carbons (Fsp3) is 0.611. The van der Waals surface area contributed by atoms with Gasteiger partial charge in [0.1, 0.15) is 12.2 Å². The first-order chi connectivity index (χ1) is 11.5. The van der Waals surface area contributed by atoms with E-state index in [0.717, 1.165) is 5.56 Å². The molecule has 0 spiro atoms. The van der Waals surface area contributed by atoms with Crippen LogP contribution < -0.4 is 0 Å². The van der Waals surface area contributed by atoms with Crippen LogP contribution in [0.15, 0.2) is 30.3 Å². The molecule has 1 aromatic rings. The lowest BCUT2D eigenvalue weighted by atomic mass is 9.96. The van der Waals surface area contributed by atoms with Gasteiger partial charge in [-0.2, -0.15) is 0 Å². The van der Waals surface area contributed by atoms with Crippen molar-refractivity contribution in [3.8, 4) is 0 Å². The number of ether oxygens (including phenoxy) is 5. The smallest absolute Gasteiger partial charge is 0.308 e. The summed E-state index contributed by atoms with van der Waals surface area (Å²) in [4.78, 5) is 11.6. The van der Waals surface area contributed by atoms with Crippen molar-refractivity contribution in [2.45, 2.75) is 57.3 Å². The summed E-state index contributed by atoms with van der Waals surface area (Å²) >= 11 is 0. The Morgan fingerprint density at radius 1 is 1.25 bits per heavy atom. The van der Waals surface area contributed by atoms with Crippen molar-refractivity contribution in [2.75, 3.05) is 6.61 Å². The molecular formula is C18H22O6. The molecule has 0 aliphatic carbocycles. The zero-order valence-electron chi connectivity index (χ0n) is 13.8.